The SMILES string of the molecule is Cc1cc(C(=O)N[C@@H](CCC(=O)O)C(=O)CCCC(=O)CCCC(=O)C[C@H]2CCC3(C)C(=CC[C@H]4C3CCC3(C)C([C@H](C)CCCC(C)C)CC[C@@H]43)C2)ccc1-c1c2cc(F)c(=O)cc-2oc2cc(O)c(F)cc12. The highest BCUT2D eigenvalue weighted by Gasteiger charge is 2.59. The second-order valence-electron chi connectivity index (χ2n) is 23.9. The number of aryl methyl sites for hydroxylation is 1. The first-order chi connectivity index (χ1) is 35.2. The molecule has 0 radical (unpaired) electrons. The van der Waals surface area contributed by atoms with Gasteiger partial charge in [-0.2, -0.15) is 0 Å². The molecule has 6 aliphatic rings. The number of hydrogen-bond acceptors (Lipinski definition) is 8. The van der Waals surface area contributed by atoms with E-state index in [-0.39, 0.29) is 83.4 Å². The number of halogens is 2. The van der Waals surface area contributed by atoms with Crippen LogP contribution in [-0.4, -0.2) is 45.5 Å². The van der Waals surface area contributed by atoms with Crippen LogP contribution < -0.4 is 10.7 Å². The summed E-state index contributed by atoms with van der Waals surface area (Å²) in [5, 5.41) is 22.3. The zero-order chi connectivity index (χ0) is 53.2. The highest BCUT2D eigenvalue weighted by atomic mass is 19.1. The molecule has 8 rings (SSSR count). The maximum Gasteiger partial charge on any atom is 0.303 e. The number of phenols is 1. The van der Waals surface area contributed by atoms with Gasteiger partial charge in [-0.25, -0.2) is 8.78 Å². The largest absolute Gasteiger partial charge is 0.505 e. The van der Waals surface area contributed by atoms with Crippen molar-refractivity contribution in [2.75, 3.05) is 0 Å². The minimum absolute atomic E-state index is 0.00444. The number of carbonyl (C=O) groups excluding carboxylic acids is 4. The van der Waals surface area contributed by atoms with Crippen LogP contribution in [0.5, 0.6) is 5.75 Å². The molecule has 0 saturated heterocycles. The third kappa shape index (κ3) is 11.6. The van der Waals surface area contributed by atoms with Crippen molar-refractivity contribution >= 4 is 40.2 Å². The first kappa shape index (κ1) is 54.7. The molecule has 0 aromatic heterocycles. The number of carbonyl (C=O) groups is 5. The second kappa shape index (κ2) is 22.8. The van der Waals surface area contributed by atoms with Gasteiger partial charge in [-0.05, 0) is 165 Å². The number of phenolic OH excluding ortho intramolecular Hbond substituents is 1. The standard InChI is InChI=1S/C62H77F2NO9/c1-35(2)10-7-11-36(3)47-20-21-48-44-19-17-40-29-38(24-26-61(40,5)49(44)25-27-62(47,48)6)30-42(67)14-8-12-41(66)13-9-15-53(68)52(22-23-58(71)72)65-60(73)39-16-18-43(37(4)28-39)59-45-31-50(63)54(69)33-56(45)74-57-34-55(70)51(64)32-46(57)59/h16-18,28,31-36,38,44,47-49,52,69H,7-15,19-27,29-30H2,1-6H3,(H,65,73)(H,71,72)/t36-,38+,44-,47?,48+,49?,52+,61?,62?/m1/s1. The number of aromatic hydroxyl groups is 1. The molecule has 4 unspecified atom stereocenters. The second-order valence-corrected chi connectivity index (χ2v) is 23.9. The molecule has 12 heteroatoms. The van der Waals surface area contributed by atoms with Gasteiger partial charge in [0.2, 0.25) is 5.43 Å². The number of amides is 1. The third-order valence-corrected chi connectivity index (χ3v) is 18.7. The van der Waals surface area contributed by atoms with Crippen LogP contribution in [0, 0.1) is 70.8 Å². The van der Waals surface area contributed by atoms with Crippen LogP contribution in [0.3, 0.4) is 0 Å². The van der Waals surface area contributed by atoms with Crippen molar-refractivity contribution in [3.63, 3.8) is 0 Å². The summed E-state index contributed by atoms with van der Waals surface area (Å²) in [7, 11) is 0. The van der Waals surface area contributed by atoms with Crippen LogP contribution in [-0.2, 0) is 19.2 Å². The Bertz CT molecular complexity index is 2850. The van der Waals surface area contributed by atoms with Crippen molar-refractivity contribution in [1.29, 1.82) is 0 Å². The fourth-order valence-electron chi connectivity index (χ4n) is 14.7. The highest BCUT2D eigenvalue weighted by molar-refractivity contribution is 6.04. The van der Waals surface area contributed by atoms with Gasteiger partial charge in [0.25, 0.3) is 5.91 Å². The van der Waals surface area contributed by atoms with Crippen LogP contribution >= 0.6 is 0 Å². The van der Waals surface area contributed by atoms with E-state index in [1.54, 1.807) is 18.6 Å². The lowest BCUT2D eigenvalue weighted by Gasteiger charge is -2.58. The molecule has 2 aromatic carbocycles. The van der Waals surface area contributed by atoms with Crippen LogP contribution in [0.15, 0.2) is 63.3 Å². The van der Waals surface area contributed by atoms with E-state index in [0.717, 1.165) is 79.0 Å². The molecule has 3 N–H and O–H groups in total. The van der Waals surface area contributed by atoms with Crippen molar-refractivity contribution in [2.45, 2.75) is 176 Å². The van der Waals surface area contributed by atoms with Gasteiger partial charge in [0, 0.05) is 72.7 Å². The lowest BCUT2D eigenvalue weighted by Crippen LogP contribution is -2.50. The number of nitrogens with one attached hydrogen (secondary N) is 1. The summed E-state index contributed by atoms with van der Waals surface area (Å²) in [6, 6.07) is 7.43. The van der Waals surface area contributed by atoms with Crippen molar-refractivity contribution in [1.82, 2.24) is 5.32 Å². The van der Waals surface area contributed by atoms with Crippen molar-refractivity contribution < 1.29 is 47.4 Å². The molecule has 74 heavy (non-hydrogen) atoms. The van der Waals surface area contributed by atoms with E-state index in [4.69, 9.17) is 4.42 Å². The number of carboxylic acid groups (broad SMARTS) is 1. The molecular formula is C62H77F2NO9. The van der Waals surface area contributed by atoms with E-state index in [9.17, 15) is 47.8 Å². The number of carboxylic acids is 1. The third-order valence-electron chi connectivity index (χ3n) is 18.7. The maximum absolute atomic E-state index is 14.7. The monoisotopic (exact) mass is 1020 g/mol. The van der Waals surface area contributed by atoms with Crippen molar-refractivity contribution in [3.8, 4) is 28.2 Å². The fourth-order valence-corrected chi connectivity index (χ4v) is 14.7. The molecule has 5 aliphatic carbocycles. The quantitative estimate of drug-likeness (QED) is 0.0512. The molecule has 1 aliphatic heterocycles. The zero-order valence-electron chi connectivity index (χ0n) is 44.4. The minimum atomic E-state index is -1.14. The summed E-state index contributed by atoms with van der Waals surface area (Å²) in [6.07, 6.45) is 17.8. The summed E-state index contributed by atoms with van der Waals surface area (Å²) < 4.78 is 35.1. The normalized spacial score (nSPS) is 25.2. The number of allylic oxidation sites excluding steroid dienone is 2. The lowest BCUT2D eigenvalue weighted by molar-refractivity contribution is -0.137. The Kier molecular flexibility index (Phi) is 16.8. The molecule has 9 atom stereocenters. The lowest BCUT2D eigenvalue weighted by atomic mass is 9.46. The Morgan fingerprint density at radius 1 is 0.797 bits per heavy atom. The molecule has 3 fully saturated rings. The van der Waals surface area contributed by atoms with Crippen LogP contribution in [0.4, 0.5) is 8.78 Å². The first-order valence-electron chi connectivity index (χ1n) is 27.6. The predicted molar refractivity (Wildman–Crippen MR) is 283 cm³/mol. The molecular weight excluding hydrogens is 941 g/mol. The Hall–Kier alpha value is -5.52. The van der Waals surface area contributed by atoms with E-state index in [2.05, 4.69) is 46.0 Å². The molecule has 2 aromatic rings. The minimum Gasteiger partial charge on any atom is -0.505 e. The average Bonchev–Trinajstić information content (AvgIpc) is 3.71. The number of aliphatic carboxylic acids is 1. The molecule has 398 valence electrons. The van der Waals surface area contributed by atoms with Gasteiger partial charge in [-0.3, -0.25) is 28.8 Å². The van der Waals surface area contributed by atoms with E-state index in [1.165, 1.54) is 63.5 Å². The Morgan fingerprint density at radius 2 is 1.54 bits per heavy atom. The van der Waals surface area contributed by atoms with Gasteiger partial charge in [0.15, 0.2) is 23.2 Å². The first-order valence-corrected chi connectivity index (χ1v) is 27.6. The summed E-state index contributed by atoms with van der Waals surface area (Å²) in [5.41, 5.74) is 2.89. The van der Waals surface area contributed by atoms with Crippen molar-refractivity contribution in [2.24, 2.45) is 52.3 Å². The van der Waals surface area contributed by atoms with Gasteiger partial charge >= 0.3 is 5.97 Å². The summed E-state index contributed by atoms with van der Waals surface area (Å²) in [4.78, 5) is 77.2. The summed E-state index contributed by atoms with van der Waals surface area (Å²) in [6.45, 7) is 14.1. The topological polar surface area (TPSA) is 168 Å². The number of Topliss-reactive ketones (excluding diaryl/α,β-unsaturated/α-hetero) is 3. The Balaban J connectivity index is 0.801. The number of ketones is 3. The molecule has 3 saturated carbocycles. The van der Waals surface area contributed by atoms with Gasteiger partial charge in [0.1, 0.15) is 22.9 Å². The molecule has 0 bridgehead atoms. The van der Waals surface area contributed by atoms with E-state index < -0.39 is 46.5 Å². The molecule has 10 nitrogen and oxygen atoms in total. The highest BCUT2D eigenvalue weighted by Crippen LogP contribution is 2.67. The molecule has 0 spiro atoms. The fraction of sp³-hybridized carbons (Fsp3) is 0.581. The molecule has 1 heterocycles. The van der Waals surface area contributed by atoms with Gasteiger partial charge in [0.05, 0.1) is 6.04 Å². The van der Waals surface area contributed by atoms with Crippen molar-refractivity contribution in [3.05, 3.63) is 87.1 Å². The van der Waals surface area contributed by atoms with Crippen LogP contribution in [0.25, 0.3) is 33.4 Å². The zero-order valence-corrected chi connectivity index (χ0v) is 44.4. The predicted octanol–water partition coefficient (Wildman–Crippen LogP) is 13.9. The van der Waals surface area contributed by atoms with E-state index >= 15 is 0 Å². The van der Waals surface area contributed by atoms with E-state index in [0.29, 0.717) is 47.3 Å². The Morgan fingerprint density at radius 3 is 2.27 bits per heavy atom. The van der Waals surface area contributed by atoms with Crippen LogP contribution in [0.2, 0.25) is 0 Å². The summed E-state index contributed by atoms with van der Waals surface area (Å²) >= 11 is 0. The number of hydrogen-bond donors (Lipinski definition) is 3. The smallest absolute Gasteiger partial charge is 0.303 e. The Labute approximate surface area is 434 Å². The number of fused-ring (bicyclic) bond motifs is 7. The van der Waals surface area contributed by atoms with Crippen LogP contribution in [0.1, 0.15) is 179 Å². The average molecular weight is 1020 g/mol. The maximum atomic E-state index is 14.7. The van der Waals surface area contributed by atoms with Gasteiger partial charge < -0.3 is 19.9 Å². The van der Waals surface area contributed by atoms with Gasteiger partial charge in [-0.1, -0.05) is 71.6 Å². The number of rotatable bonds is 22. The number of benzene rings is 3. The summed E-state index contributed by atoms with van der Waals surface area (Å²) in [5.74, 6) is 0.326. The van der Waals surface area contributed by atoms with E-state index in [1.807, 2.05) is 0 Å². The molecule has 1 amide bonds. The van der Waals surface area contributed by atoms with Gasteiger partial charge in [-0.15, -0.1) is 0 Å².